The number of morpholine rings is 1. The number of fused-ring (bicyclic) bond motifs is 1. The van der Waals surface area contributed by atoms with E-state index in [0.717, 1.165) is 64.4 Å². The lowest BCUT2D eigenvalue weighted by Crippen LogP contribution is -2.36. The number of halogens is 1. The number of ether oxygens (including phenoxy) is 1. The minimum Gasteiger partial charge on any atom is -0.383 e. The first-order chi connectivity index (χ1) is 14.7. The highest BCUT2D eigenvalue weighted by molar-refractivity contribution is 9.10. The van der Waals surface area contributed by atoms with Crippen LogP contribution in [-0.2, 0) is 4.74 Å². The van der Waals surface area contributed by atoms with E-state index in [1.165, 1.54) is 6.33 Å². The van der Waals surface area contributed by atoms with Gasteiger partial charge in [0, 0.05) is 17.6 Å². The number of hydrogen-bond acceptors (Lipinski definition) is 7. The van der Waals surface area contributed by atoms with Gasteiger partial charge in [-0.15, -0.1) is 0 Å². The normalized spacial score (nSPS) is 14.2. The molecule has 3 aromatic heterocycles. The summed E-state index contributed by atoms with van der Waals surface area (Å²) in [5, 5.41) is 0.740. The molecule has 0 unspecified atom stereocenters. The summed E-state index contributed by atoms with van der Waals surface area (Å²) in [4.78, 5) is 20.2. The third-order valence-corrected chi connectivity index (χ3v) is 5.65. The number of nitrogens with zero attached hydrogens (tertiary/aromatic N) is 5. The third kappa shape index (κ3) is 3.59. The van der Waals surface area contributed by atoms with Crippen molar-refractivity contribution >= 4 is 38.5 Å². The van der Waals surface area contributed by atoms with Crippen molar-refractivity contribution in [3.8, 4) is 22.5 Å². The molecule has 1 aliphatic rings. The Kier molecular flexibility index (Phi) is 5.02. The van der Waals surface area contributed by atoms with Crippen LogP contribution >= 0.6 is 15.9 Å². The van der Waals surface area contributed by atoms with Gasteiger partial charge < -0.3 is 15.4 Å². The van der Waals surface area contributed by atoms with Gasteiger partial charge in [-0.05, 0) is 41.5 Å². The van der Waals surface area contributed by atoms with Crippen molar-refractivity contribution in [2.45, 2.75) is 0 Å². The molecule has 8 heteroatoms. The number of anilines is 2. The highest BCUT2D eigenvalue weighted by Gasteiger charge is 2.16. The van der Waals surface area contributed by atoms with Crippen LogP contribution in [-0.4, -0.2) is 46.2 Å². The zero-order valence-electron chi connectivity index (χ0n) is 16.1. The van der Waals surface area contributed by atoms with Crippen molar-refractivity contribution in [3.05, 3.63) is 59.5 Å². The standard InChI is InChI=1S/C22H19BrN6O/c23-15-3-1-2-14(10-15)17-11-19(28-22-20(17)21(24)26-13-27-22)18-5-4-16(12-25-18)29-6-8-30-9-7-29/h1-5,10-13H,6-9H2,(H2,24,26,27,28). The van der Waals surface area contributed by atoms with Crippen LogP contribution in [0.15, 0.2) is 59.5 Å². The Morgan fingerprint density at radius 1 is 0.967 bits per heavy atom. The Bertz CT molecular complexity index is 1210. The van der Waals surface area contributed by atoms with E-state index in [2.05, 4.69) is 41.8 Å². The van der Waals surface area contributed by atoms with Crippen LogP contribution in [0.1, 0.15) is 0 Å². The minimum absolute atomic E-state index is 0.407. The van der Waals surface area contributed by atoms with E-state index in [1.807, 2.05) is 42.6 Å². The molecule has 1 aliphatic heterocycles. The molecule has 4 heterocycles. The lowest BCUT2D eigenvalue weighted by Gasteiger charge is -2.28. The highest BCUT2D eigenvalue weighted by atomic mass is 79.9. The fourth-order valence-corrected chi connectivity index (χ4v) is 4.05. The van der Waals surface area contributed by atoms with E-state index in [1.54, 1.807) is 0 Å². The molecule has 0 bridgehead atoms. The highest BCUT2D eigenvalue weighted by Crippen LogP contribution is 2.34. The fourth-order valence-electron chi connectivity index (χ4n) is 3.65. The van der Waals surface area contributed by atoms with Crippen molar-refractivity contribution < 1.29 is 4.74 Å². The Hall–Kier alpha value is -3.10. The molecule has 1 saturated heterocycles. The van der Waals surface area contributed by atoms with Gasteiger partial charge >= 0.3 is 0 Å². The molecular formula is C22H19BrN6O. The van der Waals surface area contributed by atoms with E-state index in [0.29, 0.717) is 11.5 Å². The van der Waals surface area contributed by atoms with Crippen LogP contribution < -0.4 is 10.6 Å². The lowest BCUT2D eigenvalue weighted by molar-refractivity contribution is 0.122. The van der Waals surface area contributed by atoms with Crippen LogP contribution in [0.5, 0.6) is 0 Å². The topological polar surface area (TPSA) is 90.0 Å². The zero-order valence-corrected chi connectivity index (χ0v) is 17.7. The Balaban J connectivity index is 1.61. The summed E-state index contributed by atoms with van der Waals surface area (Å²) in [7, 11) is 0. The number of nitrogens with two attached hydrogens (primary N) is 1. The average Bonchev–Trinajstić information content (AvgIpc) is 2.79. The van der Waals surface area contributed by atoms with Gasteiger partial charge in [0.1, 0.15) is 12.1 Å². The molecular weight excluding hydrogens is 444 g/mol. The van der Waals surface area contributed by atoms with Crippen LogP contribution in [0.25, 0.3) is 33.5 Å². The average molecular weight is 463 g/mol. The number of benzene rings is 1. The number of pyridine rings is 2. The maximum Gasteiger partial charge on any atom is 0.165 e. The molecule has 0 radical (unpaired) electrons. The second kappa shape index (κ2) is 7.97. The van der Waals surface area contributed by atoms with E-state index in [9.17, 15) is 0 Å². The van der Waals surface area contributed by atoms with Crippen LogP contribution in [0.3, 0.4) is 0 Å². The summed E-state index contributed by atoms with van der Waals surface area (Å²) in [5.74, 6) is 0.407. The van der Waals surface area contributed by atoms with Gasteiger partial charge in [-0.1, -0.05) is 28.1 Å². The summed E-state index contributed by atoms with van der Waals surface area (Å²) < 4.78 is 6.41. The molecule has 2 N–H and O–H groups in total. The first kappa shape index (κ1) is 18.9. The monoisotopic (exact) mass is 462 g/mol. The molecule has 0 amide bonds. The van der Waals surface area contributed by atoms with Crippen molar-refractivity contribution in [2.75, 3.05) is 36.9 Å². The molecule has 30 heavy (non-hydrogen) atoms. The smallest absolute Gasteiger partial charge is 0.165 e. The predicted octanol–water partition coefficient (Wildman–Crippen LogP) is 3.94. The summed E-state index contributed by atoms with van der Waals surface area (Å²) in [5.41, 5.74) is 11.3. The summed E-state index contributed by atoms with van der Waals surface area (Å²) in [6.07, 6.45) is 3.33. The van der Waals surface area contributed by atoms with Gasteiger partial charge in [0.05, 0.1) is 41.9 Å². The van der Waals surface area contributed by atoms with Crippen molar-refractivity contribution in [2.24, 2.45) is 0 Å². The van der Waals surface area contributed by atoms with Gasteiger partial charge in [0.15, 0.2) is 5.65 Å². The van der Waals surface area contributed by atoms with E-state index >= 15 is 0 Å². The molecule has 150 valence electrons. The minimum atomic E-state index is 0.407. The van der Waals surface area contributed by atoms with Gasteiger partial charge in [-0.25, -0.2) is 15.0 Å². The van der Waals surface area contributed by atoms with Gasteiger partial charge in [0.2, 0.25) is 0 Å². The van der Waals surface area contributed by atoms with Gasteiger partial charge in [0.25, 0.3) is 0 Å². The van der Waals surface area contributed by atoms with Crippen molar-refractivity contribution in [3.63, 3.8) is 0 Å². The Morgan fingerprint density at radius 3 is 2.60 bits per heavy atom. The van der Waals surface area contributed by atoms with E-state index in [4.69, 9.17) is 15.5 Å². The first-order valence-corrected chi connectivity index (χ1v) is 10.4. The first-order valence-electron chi connectivity index (χ1n) is 9.65. The van der Waals surface area contributed by atoms with Crippen LogP contribution in [0, 0.1) is 0 Å². The number of nitrogen functional groups attached to an aromatic ring is 1. The quantitative estimate of drug-likeness (QED) is 0.492. The van der Waals surface area contributed by atoms with Crippen molar-refractivity contribution in [1.82, 2.24) is 19.9 Å². The fraction of sp³-hybridized carbons (Fsp3) is 0.182. The molecule has 0 spiro atoms. The Labute approximate surface area is 182 Å². The van der Waals surface area contributed by atoms with Crippen molar-refractivity contribution in [1.29, 1.82) is 0 Å². The number of aromatic nitrogens is 4. The molecule has 0 atom stereocenters. The molecule has 4 aromatic rings. The lowest BCUT2D eigenvalue weighted by atomic mass is 10.0. The second-order valence-electron chi connectivity index (χ2n) is 7.02. The predicted molar refractivity (Wildman–Crippen MR) is 121 cm³/mol. The van der Waals surface area contributed by atoms with Gasteiger partial charge in [-0.2, -0.15) is 0 Å². The Morgan fingerprint density at radius 2 is 1.83 bits per heavy atom. The number of rotatable bonds is 3. The summed E-state index contributed by atoms with van der Waals surface area (Å²) in [6.45, 7) is 3.23. The molecule has 7 nitrogen and oxygen atoms in total. The van der Waals surface area contributed by atoms with Crippen LogP contribution in [0.4, 0.5) is 11.5 Å². The third-order valence-electron chi connectivity index (χ3n) is 5.16. The zero-order chi connectivity index (χ0) is 20.5. The largest absolute Gasteiger partial charge is 0.383 e. The SMILES string of the molecule is Nc1ncnc2nc(-c3ccc(N4CCOCC4)cn3)cc(-c3cccc(Br)c3)c12. The maximum atomic E-state index is 6.19. The number of hydrogen-bond donors (Lipinski definition) is 1. The van der Waals surface area contributed by atoms with E-state index in [-0.39, 0.29) is 0 Å². The summed E-state index contributed by atoms with van der Waals surface area (Å²) >= 11 is 3.55. The van der Waals surface area contributed by atoms with E-state index < -0.39 is 0 Å². The molecule has 1 fully saturated rings. The molecule has 0 saturated carbocycles. The molecule has 5 rings (SSSR count). The second-order valence-corrected chi connectivity index (χ2v) is 7.94. The summed E-state index contributed by atoms with van der Waals surface area (Å²) in [6, 6.07) is 14.1. The van der Waals surface area contributed by atoms with Crippen LogP contribution in [0.2, 0.25) is 0 Å². The maximum absolute atomic E-state index is 6.19. The molecule has 1 aromatic carbocycles. The van der Waals surface area contributed by atoms with Gasteiger partial charge in [-0.3, -0.25) is 4.98 Å². The molecule has 0 aliphatic carbocycles.